The Morgan fingerprint density at radius 1 is 1.50 bits per heavy atom. The second-order valence-electron chi connectivity index (χ2n) is 3.42. The molecule has 0 aromatic carbocycles. The van der Waals surface area contributed by atoms with Crippen LogP contribution in [-0.2, 0) is 9.59 Å². The Morgan fingerprint density at radius 2 is 2.17 bits per heavy atom. The molecule has 1 aliphatic heterocycles. The van der Waals surface area contributed by atoms with E-state index in [0.717, 1.165) is 25.8 Å². The Kier molecular flexibility index (Phi) is 2.84. The lowest BCUT2D eigenvalue weighted by Crippen LogP contribution is -2.34. The molecule has 0 aromatic heterocycles. The third kappa shape index (κ3) is 1.84. The summed E-state index contributed by atoms with van der Waals surface area (Å²) in [5.41, 5.74) is 0. The summed E-state index contributed by atoms with van der Waals surface area (Å²) < 4.78 is 0. The lowest BCUT2D eigenvalue weighted by Gasteiger charge is -2.17. The molecule has 0 radical (unpaired) electrons. The molecule has 1 rings (SSSR count). The van der Waals surface area contributed by atoms with E-state index >= 15 is 0 Å². The van der Waals surface area contributed by atoms with Gasteiger partial charge < -0.3 is 4.90 Å². The normalized spacial score (nSPS) is 25.3. The zero-order valence-electron chi connectivity index (χ0n) is 7.67. The molecule has 0 aliphatic carbocycles. The van der Waals surface area contributed by atoms with Gasteiger partial charge in [-0.1, -0.05) is 6.42 Å². The maximum atomic E-state index is 11.5. The zero-order chi connectivity index (χ0) is 9.14. The van der Waals surface area contributed by atoms with Crippen molar-refractivity contribution in [2.45, 2.75) is 26.2 Å². The Balaban J connectivity index is 2.71. The number of hydrogen-bond acceptors (Lipinski definition) is 2. The van der Waals surface area contributed by atoms with Crippen molar-refractivity contribution in [1.29, 1.82) is 0 Å². The minimum atomic E-state index is -0.363. The molecule has 0 spiro atoms. The van der Waals surface area contributed by atoms with Gasteiger partial charge in [-0.25, -0.2) is 0 Å². The first-order chi connectivity index (χ1) is 5.63. The molecule has 1 fully saturated rings. The number of carbonyl (C=O) groups excluding carboxylic acids is 2. The van der Waals surface area contributed by atoms with E-state index in [2.05, 4.69) is 0 Å². The minimum absolute atomic E-state index is 0.000000000000000222. The molecule has 3 nitrogen and oxygen atoms in total. The van der Waals surface area contributed by atoms with Crippen LogP contribution in [0.5, 0.6) is 0 Å². The summed E-state index contributed by atoms with van der Waals surface area (Å²) in [7, 11) is 1.77. The van der Waals surface area contributed by atoms with Gasteiger partial charge in [0.05, 0.1) is 5.92 Å². The Bertz CT molecular complexity index is 201. The molecular formula is C9H15NO2. The summed E-state index contributed by atoms with van der Waals surface area (Å²) in [5.74, 6) is -0.355. The Labute approximate surface area is 72.7 Å². The highest BCUT2D eigenvalue weighted by Gasteiger charge is 2.27. The van der Waals surface area contributed by atoms with Gasteiger partial charge in [0, 0.05) is 13.6 Å². The van der Waals surface area contributed by atoms with Crippen LogP contribution in [0.4, 0.5) is 0 Å². The summed E-state index contributed by atoms with van der Waals surface area (Å²) in [4.78, 5) is 24.2. The smallest absolute Gasteiger partial charge is 0.232 e. The molecule has 1 atom stereocenters. The monoisotopic (exact) mass is 169 g/mol. The van der Waals surface area contributed by atoms with E-state index in [1.165, 1.54) is 6.92 Å². The van der Waals surface area contributed by atoms with Gasteiger partial charge in [0.25, 0.3) is 0 Å². The average Bonchev–Trinajstić information content (AvgIpc) is 2.15. The summed E-state index contributed by atoms with van der Waals surface area (Å²) in [6, 6.07) is 0. The molecule has 1 heterocycles. The lowest BCUT2D eigenvalue weighted by atomic mass is 9.99. The van der Waals surface area contributed by atoms with E-state index in [4.69, 9.17) is 0 Å². The predicted molar refractivity (Wildman–Crippen MR) is 45.7 cm³/mol. The number of likely N-dealkylation sites (tertiary alicyclic amines) is 1. The summed E-state index contributed by atoms with van der Waals surface area (Å²) in [5, 5.41) is 0. The topological polar surface area (TPSA) is 37.4 Å². The molecule has 0 aromatic rings. The molecular weight excluding hydrogens is 154 g/mol. The fourth-order valence-electron chi connectivity index (χ4n) is 1.57. The highest BCUT2D eigenvalue weighted by molar-refractivity contribution is 6.00. The average molecular weight is 169 g/mol. The predicted octanol–water partition coefficient (Wildman–Crippen LogP) is 0.834. The van der Waals surface area contributed by atoms with Crippen molar-refractivity contribution in [2.75, 3.05) is 13.6 Å². The largest absolute Gasteiger partial charge is 0.345 e. The second-order valence-corrected chi connectivity index (χ2v) is 3.42. The van der Waals surface area contributed by atoms with Crippen LogP contribution in [-0.4, -0.2) is 30.2 Å². The van der Waals surface area contributed by atoms with E-state index in [-0.39, 0.29) is 17.6 Å². The quantitative estimate of drug-likeness (QED) is 0.545. The maximum Gasteiger partial charge on any atom is 0.232 e. The lowest BCUT2D eigenvalue weighted by molar-refractivity contribution is -0.139. The van der Waals surface area contributed by atoms with E-state index in [9.17, 15) is 9.59 Å². The van der Waals surface area contributed by atoms with Gasteiger partial charge in [-0.15, -0.1) is 0 Å². The number of Topliss-reactive ketones (excluding diaryl/α,β-unsaturated/α-hetero) is 1. The molecule has 0 N–H and O–H groups in total. The van der Waals surface area contributed by atoms with Gasteiger partial charge in [0.2, 0.25) is 5.91 Å². The van der Waals surface area contributed by atoms with Crippen molar-refractivity contribution in [2.24, 2.45) is 5.92 Å². The number of ketones is 1. The van der Waals surface area contributed by atoms with Crippen molar-refractivity contribution >= 4 is 11.7 Å². The van der Waals surface area contributed by atoms with Crippen molar-refractivity contribution in [3.63, 3.8) is 0 Å². The summed E-state index contributed by atoms with van der Waals surface area (Å²) >= 11 is 0. The molecule has 0 saturated carbocycles. The van der Waals surface area contributed by atoms with Gasteiger partial charge >= 0.3 is 0 Å². The van der Waals surface area contributed by atoms with Gasteiger partial charge in [-0.3, -0.25) is 9.59 Å². The number of rotatable bonds is 1. The third-order valence-corrected chi connectivity index (χ3v) is 2.40. The van der Waals surface area contributed by atoms with E-state index in [1.807, 2.05) is 0 Å². The van der Waals surface area contributed by atoms with Crippen molar-refractivity contribution in [3.05, 3.63) is 0 Å². The molecule has 3 heteroatoms. The minimum Gasteiger partial charge on any atom is -0.345 e. The van der Waals surface area contributed by atoms with Crippen molar-refractivity contribution in [3.8, 4) is 0 Å². The Hall–Kier alpha value is -0.860. The standard InChI is InChI=1S/C9H15NO2/c1-7(11)8-5-3-4-6-10(2)9(8)12/h8H,3-6H2,1-2H3. The van der Waals surface area contributed by atoms with E-state index in [0.29, 0.717) is 0 Å². The molecule has 12 heavy (non-hydrogen) atoms. The molecule has 1 aliphatic rings. The van der Waals surface area contributed by atoms with Crippen LogP contribution < -0.4 is 0 Å². The van der Waals surface area contributed by atoms with E-state index in [1.54, 1.807) is 11.9 Å². The van der Waals surface area contributed by atoms with Crippen molar-refractivity contribution in [1.82, 2.24) is 4.90 Å². The molecule has 68 valence electrons. The first-order valence-corrected chi connectivity index (χ1v) is 4.38. The van der Waals surface area contributed by atoms with Crippen LogP contribution in [0.15, 0.2) is 0 Å². The van der Waals surface area contributed by atoms with Crippen LogP contribution in [0, 0.1) is 5.92 Å². The number of nitrogens with zero attached hydrogens (tertiary/aromatic N) is 1. The fraction of sp³-hybridized carbons (Fsp3) is 0.778. The maximum absolute atomic E-state index is 11.5. The van der Waals surface area contributed by atoms with Crippen LogP contribution in [0.2, 0.25) is 0 Å². The number of amides is 1. The van der Waals surface area contributed by atoms with E-state index < -0.39 is 0 Å². The zero-order valence-corrected chi connectivity index (χ0v) is 7.67. The number of hydrogen-bond donors (Lipinski definition) is 0. The number of carbonyl (C=O) groups is 2. The fourth-order valence-corrected chi connectivity index (χ4v) is 1.57. The van der Waals surface area contributed by atoms with Crippen LogP contribution in [0.3, 0.4) is 0 Å². The molecule has 1 unspecified atom stereocenters. The summed E-state index contributed by atoms with van der Waals surface area (Å²) in [6.07, 6.45) is 2.74. The summed E-state index contributed by atoms with van der Waals surface area (Å²) in [6.45, 7) is 2.30. The highest BCUT2D eigenvalue weighted by Crippen LogP contribution is 2.17. The first-order valence-electron chi connectivity index (χ1n) is 4.38. The van der Waals surface area contributed by atoms with Crippen LogP contribution >= 0.6 is 0 Å². The van der Waals surface area contributed by atoms with Gasteiger partial charge in [0.15, 0.2) is 0 Å². The third-order valence-electron chi connectivity index (χ3n) is 2.40. The van der Waals surface area contributed by atoms with Crippen molar-refractivity contribution < 1.29 is 9.59 Å². The van der Waals surface area contributed by atoms with Crippen LogP contribution in [0.1, 0.15) is 26.2 Å². The Morgan fingerprint density at radius 3 is 2.75 bits per heavy atom. The molecule has 0 bridgehead atoms. The highest BCUT2D eigenvalue weighted by atomic mass is 16.2. The molecule has 1 amide bonds. The first kappa shape index (κ1) is 9.23. The SMILES string of the molecule is CC(=O)C1CCCCN(C)C1=O. The van der Waals surface area contributed by atoms with Crippen LogP contribution in [0.25, 0.3) is 0 Å². The second kappa shape index (κ2) is 3.70. The van der Waals surface area contributed by atoms with Gasteiger partial charge in [-0.2, -0.15) is 0 Å². The van der Waals surface area contributed by atoms with Gasteiger partial charge in [-0.05, 0) is 19.8 Å². The van der Waals surface area contributed by atoms with Gasteiger partial charge in [0.1, 0.15) is 5.78 Å². The molecule has 1 saturated heterocycles.